The van der Waals surface area contributed by atoms with Gasteiger partial charge in [0, 0.05) is 43.1 Å². The summed E-state index contributed by atoms with van der Waals surface area (Å²) in [7, 11) is 1.62. The molecule has 1 aromatic carbocycles. The van der Waals surface area contributed by atoms with Crippen LogP contribution < -0.4 is 14.8 Å². The molecule has 0 spiro atoms. The summed E-state index contributed by atoms with van der Waals surface area (Å²) in [5, 5.41) is 4.13. The van der Waals surface area contributed by atoms with E-state index in [4.69, 9.17) is 19.2 Å². The van der Waals surface area contributed by atoms with Crippen LogP contribution in [0.5, 0.6) is 11.5 Å². The third-order valence-corrected chi connectivity index (χ3v) is 6.39. The van der Waals surface area contributed by atoms with Gasteiger partial charge in [-0.25, -0.2) is 4.98 Å². The number of hydrogen-bond donors (Lipinski definition) is 1. The topological polar surface area (TPSA) is 90.0 Å². The molecule has 8 heteroatoms. The number of benzene rings is 1. The molecule has 0 unspecified atom stereocenters. The van der Waals surface area contributed by atoms with Crippen LogP contribution in [0.15, 0.2) is 24.3 Å². The monoisotopic (exact) mass is 469 g/mol. The number of Topliss-reactive ketones (excluding diaryl/α,β-unsaturated/α-hetero) is 1. The number of fused-ring (bicyclic) bond motifs is 1. The molecule has 2 aromatic rings. The molecular formula is C26H35N3O5. The Bertz CT molecular complexity index is 1010. The van der Waals surface area contributed by atoms with Crippen molar-refractivity contribution < 1.29 is 23.8 Å². The number of nitrogens with one attached hydrogen (secondary N) is 1. The van der Waals surface area contributed by atoms with Gasteiger partial charge in [-0.15, -0.1) is 0 Å². The number of rotatable bonds is 11. The van der Waals surface area contributed by atoms with Crippen molar-refractivity contribution in [2.24, 2.45) is 5.92 Å². The van der Waals surface area contributed by atoms with Gasteiger partial charge in [0.15, 0.2) is 5.78 Å². The molecule has 1 saturated carbocycles. The number of aromatic nitrogens is 1. The number of pyridine rings is 1. The summed E-state index contributed by atoms with van der Waals surface area (Å²) >= 11 is 0. The number of carbonyl (C=O) groups is 2. The van der Waals surface area contributed by atoms with Gasteiger partial charge >= 0.3 is 0 Å². The van der Waals surface area contributed by atoms with E-state index < -0.39 is 0 Å². The fraction of sp³-hybridized carbons (Fsp3) is 0.577. The van der Waals surface area contributed by atoms with Crippen LogP contribution in [0.3, 0.4) is 0 Å². The highest BCUT2D eigenvalue weighted by Crippen LogP contribution is 2.34. The lowest BCUT2D eigenvalue weighted by atomic mass is 10.0. The van der Waals surface area contributed by atoms with E-state index in [2.05, 4.69) is 5.32 Å². The number of ether oxygens (including phenoxy) is 3. The van der Waals surface area contributed by atoms with Crippen LogP contribution in [0, 0.1) is 5.92 Å². The molecule has 1 aromatic heterocycles. The second-order valence-electron chi connectivity index (χ2n) is 9.33. The molecule has 1 aliphatic carbocycles. The maximum atomic E-state index is 13.7. The van der Waals surface area contributed by atoms with E-state index in [1.807, 2.05) is 30.9 Å². The van der Waals surface area contributed by atoms with Gasteiger partial charge in [-0.2, -0.15) is 0 Å². The van der Waals surface area contributed by atoms with Gasteiger partial charge in [0.25, 0.3) is 5.91 Å². The molecule has 1 atom stereocenters. The van der Waals surface area contributed by atoms with Gasteiger partial charge in [-0.1, -0.05) is 6.07 Å². The number of carbonyl (C=O) groups excluding carboxylic acids is 2. The third kappa shape index (κ3) is 5.67. The highest BCUT2D eigenvalue weighted by molar-refractivity contribution is 5.99. The van der Waals surface area contributed by atoms with E-state index in [9.17, 15) is 9.59 Å². The van der Waals surface area contributed by atoms with Crippen molar-refractivity contribution in [3.05, 3.63) is 30.0 Å². The number of methoxy groups -OCH3 is 1. The third-order valence-electron chi connectivity index (χ3n) is 6.39. The highest BCUT2D eigenvalue weighted by Gasteiger charge is 2.31. The van der Waals surface area contributed by atoms with Crippen molar-refractivity contribution in [2.75, 3.05) is 40.0 Å². The lowest BCUT2D eigenvalue weighted by Gasteiger charge is -2.37. The van der Waals surface area contributed by atoms with E-state index in [0.717, 1.165) is 44.2 Å². The lowest BCUT2D eigenvalue weighted by Crippen LogP contribution is -2.51. The number of piperidine rings is 1. The fourth-order valence-electron chi connectivity index (χ4n) is 4.47. The minimum absolute atomic E-state index is 0.00929. The van der Waals surface area contributed by atoms with Gasteiger partial charge in [-0.3, -0.25) is 9.59 Å². The molecule has 34 heavy (non-hydrogen) atoms. The van der Waals surface area contributed by atoms with Gasteiger partial charge in [0.1, 0.15) is 35.9 Å². The summed E-state index contributed by atoms with van der Waals surface area (Å²) in [5.41, 5.74) is 0.832. The van der Waals surface area contributed by atoms with Crippen LogP contribution in [0.2, 0.25) is 0 Å². The average molecular weight is 470 g/mol. The minimum atomic E-state index is -0.133. The van der Waals surface area contributed by atoms with Crippen LogP contribution in [-0.2, 0) is 9.53 Å². The van der Waals surface area contributed by atoms with Gasteiger partial charge in [-0.05, 0) is 58.2 Å². The Kier molecular flexibility index (Phi) is 8.00. The lowest BCUT2D eigenvalue weighted by molar-refractivity contribution is -0.122. The second kappa shape index (κ2) is 11.1. The van der Waals surface area contributed by atoms with Crippen molar-refractivity contribution in [3.8, 4) is 11.5 Å². The maximum Gasteiger partial charge on any atom is 0.273 e. The highest BCUT2D eigenvalue weighted by atomic mass is 16.5. The number of hydrogen-bond acceptors (Lipinski definition) is 7. The Labute approximate surface area is 200 Å². The van der Waals surface area contributed by atoms with Gasteiger partial charge in [0.2, 0.25) is 0 Å². The summed E-state index contributed by atoms with van der Waals surface area (Å²) in [5.74, 6) is 1.13. The molecule has 4 rings (SSSR count). The Balaban J connectivity index is 1.69. The summed E-state index contributed by atoms with van der Waals surface area (Å²) in [6, 6.07) is 7.37. The molecule has 0 radical (unpaired) electrons. The van der Waals surface area contributed by atoms with E-state index in [1.165, 1.54) is 0 Å². The quantitative estimate of drug-likeness (QED) is 0.506. The molecule has 2 heterocycles. The van der Waals surface area contributed by atoms with Gasteiger partial charge < -0.3 is 24.4 Å². The molecule has 1 aliphatic heterocycles. The van der Waals surface area contributed by atoms with E-state index in [-0.39, 0.29) is 36.3 Å². The number of amides is 1. The summed E-state index contributed by atoms with van der Waals surface area (Å²) in [6.45, 7) is 6.58. The molecule has 1 amide bonds. The van der Waals surface area contributed by atoms with Crippen LogP contribution >= 0.6 is 0 Å². The standard InChI is InChI=1S/C26H35N3O5/c1-17(2)29(19-6-5-11-27-15-19)26(31)21-14-24(33-13-12-32-3)20-7-4-8-23(25(20)28-21)34-16-22(30)18-9-10-18/h4,7-8,14,17-19,27H,5-6,9-13,15-16H2,1-3H3/t19-/m1/s1. The first-order chi connectivity index (χ1) is 16.5. The summed E-state index contributed by atoms with van der Waals surface area (Å²) in [6.07, 6.45) is 3.87. The van der Waals surface area contributed by atoms with E-state index in [1.54, 1.807) is 19.2 Å². The Hall–Kier alpha value is -2.71. The normalized spacial score (nSPS) is 18.2. The molecule has 1 saturated heterocycles. The molecule has 184 valence electrons. The SMILES string of the molecule is COCCOc1cc(C(=O)N(C(C)C)[C@@H]2CCCNC2)nc2c(OCC(=O)C3CC3)cccc12. The molecule has 8 nitrogen and oxygen atoms in total. The zero-order chi connectivity index (χ0) is 24.1. The van der Waals surface area contributed by atoms with Crippen LogP contribution in [-0.4, -0.2) is 73.7 Å². The molecule has 1 N–H and O–H groups in total. The van der Waals surface area contributed by atoms with E-state index in [0.29, 0.717) is 35.9 Å². The zero-order valence-electron chi connectivity index (χ0n) is 20.3. The number of para-hydroxylation sites is 1. The maximum absolute atomic E-state index is 13.7. The van der Waals surface area contributed by atoms with Crippen LogP contribution in [0.1, 0.15) is 50.0 Å². The fourth-order valence-corrected chi connectivity index (χ4v) is 4.47. The van der Waals surface area contributed by atoms with Gasteiger partial charge in [0.05, 0.1) is 6.61 Å². The van der Waals surface area contributed by atoms with Crippen molar-refractivity contribution >= 4 is 22.6 Å². The summed E-state index contributed by atoms with van der Waals surface area (Å²) in [4.78, 5) is 32.6. The first kappa shape index (κ1) is 24.4. The Morgan fingerprint density at radius 1 is 1.15 bits per heavy atom. The van der Waals surface area contributed by atoms with Crippen molar-refractivity contribution in [1.29, 1.82) is 0 Å². The smallest absolute Gasteiger partial charge is 0.273 e. The second-order valence-corrected chi connectivity index (χ2v) is 9.33. The first-order valence-electron chi connectivity index (χ1n) is 12.2. The van der Waals surface area contributed by atoms with Crippen LogP contribution in [0.4, 0.5) is 0 Å². The molecule has 2 aliphatic rings. The minimum Gasteiger partial charge on any atom is -0.490 e. The van der Waals surface area contributed by atoms with Crippen molar-refractivity contribution in [1.82, 2.24) is 15.2 Å². The van der Waals surface area contributed by atoms with Crippen LogP contribution in [0.25, 0.3) is 10.9 Å². The molecule has 0 bridgehead atoms. The Morgan fingerprint density at radius 3 is 2.65 bits per heavy atom. The number of ketones is 1. The number of nitrogens with zero attached hydrogens (tertiary/aromatic N) is 2. The summed E-state index contributed by atoms with van der Waals surface area (Å²) < 4.78 is 17.0. The van der Waals surface area contributed by atoms with Crippen molar-refractivity contribution in [3.63, 3.8) is 0 Å². The predicted octanol–water partition coefficient (Wildman–Crippen LogP) is 3.22. The van der Waals surface area contributed by atoms with E-state index >= 15 is 0 Å². The predicted molar refractivity (Wildman–Crippen MR) is 130 cm³/mol. The Morgan fingerprint density at radius 2 is 1.97 bits per heavy atom. The molecular weight excluding hydrogens is 434 g/mol. The zero-order valence-corrected chi connectivity index (χ0v) is 20.3. The van der Waals surface area contributed by atoms with Crippen molar-refractivity contribution in [2.45, 2.75) is 51.6 Å². The molecule has 2 fully saturated rings. The first-order valence-corrected chi connectivity index (χ1v) is 12.2. The largest absolute Gasteiger partial charge is 0.490 e. The average Bonchev–Trinajstić information content (AvgIpc) is 3.69.